The molecule has 0 aliphatic heterocycles. The lowest BCUT2D eigenvalue weighted by Crippen LogP contribution is -2.30. The van der Waals surface area contributed by atoms with Gasteiger partial charge in [0, 0.05) is 16.5 Å². The summed E-state index contributed by atoms with van der Waals surface area (Å²) in [4.78, 5) is 0. The molecule has 1 nitrogen and oxygen atoms in total. The van der Waals surface area contributed by atoms with Gasteiger partial charge in [0.15, 0.2) is 0 Å². The Labute approximate surface area is 111 Å². The minimum atomic E-state index is -0.527. The number of benzene rings is 1. The molecule has 0 amide bonds. The molecule has 1 aromatic carbocycles. The standard InChI is InChI=1S/C15H17BrO/c16-14-8-6-13(7-9-14)5-4-12-15(17)10-2-1-3-11-15/h6-9,17H,1-3,10-12H2. The lowest BCUT2D eigenvalue weighted by atomic mass is 9.83. The van der Waals surface area contributed by atoms with Gasteiger partial charge in [-0.25, -0.2) is 0 Å². The number of halogens is 1. The number of aliphatic hydroxyl groups is 1. The normalized spacial score (nSPS) is 18.2. The van der Waals surface area contributed by atoms with Crippen molar-refractivity contribution in [3.8, 4) is 11.8 Å². The van der Waals surface area contributed by atoms with E-state index in [-0.39, 0.29) is 0 Å². The molecule has 17 heavy (non-hydrogen) atoms. The largest absolute Gasteiger partial charge is 0.389 e. The van der Waals surface area contributed by atoms with Crippen molar-refractivity contribution in [3.05, 3.63) is 34.3 Å². The van der Waals surface area contributed by atoms with E-state index in [1.807, 2.05) is 24.3 Å². The van der Waals surface area contributed by atoms with Crippen LogP contribution >= 0.6 is 15.9 Å². The fourth-order valence-corrected chi connectivity index (χ4v) is 2.50. The molecule has 0 bridgehead atoms. The Hall–Kier alpha value is -0.780. The smallest absolute Gasteiger partial charge is 0.0756 e. The molecule has 1 aliphatic carbocycles. The Morgan fingerprint density at radius 1 is 1.12 bits per heavy atom. The van der Waals surface area contributed by atoms with Crippen LogP contribution in [0.4, 0.5) is 0 Å². The van der Waals surface area contributed by atoms with E-state index < -0.39 is 5.60 Å². The van der Waals surface area contributed by atoms with E-state index in [2.05, 4.69) is 27.8 Å². The summed E-state index contributed by atoms with van der Waals surface area (Å²) in [5.74, 6) is 6.23. The molecular weight excluding hydrogens is 276 g/mol. The van der Waals surface area contributed by atoms with Crippen LogP contribution in [0.15, 0.2) is 28.7 Å². The Kier molecular flexibility index (Phi) is 4.25. The highest BCUT2D eigenvalue weighted by Crippen LogP contribution is 2.30. The van der Waals surface area contributed by atoms with Crippen LogP contribution in [0.3, 0.4) is 0 Å². The average molecular weight is 293 g/mol. The van der Waals surface area contributed by atoms with E-state index in [4.69, 9.17) is 0 Å². The molecule has 0 heterocycles. The second-order valence-electron chi connectivity index (χ2n) is 4.77. The van der Waals surface area contributed by atoms with Gasteiger partial charge in [-0.05, 0) is 37.1 Å². The minimum Gasteiger partial charge on any atom is -0.389 e. The Morgan fingerprint density at radius 2 is 1.76 bits per heavy atom. The van der Waals surface area contributed by atoms with Crippen LogP contribution in [0, 0.1) is 11.8 Å². The third kappa shape index (κ3) is 3.87. The summed E-state index contributed by atoms with van der Waals surface area (Å²) in [5.41, 5.74) is 0.480. The van der Waals surface area contributed by atoms with Crippen LogP contribution < -0.4 is 0 Å². The summed E-state index contributed by atoms with van der Waals surface area (Å²) >= 11 is 3.40. The predicted molar refractivity (Wildman–Crippen MR) is 73.7 cm³/mol. The lowest BCUT2D eigenvalue weighted by Gasteiger charge is -2.30. The second-order valence-corrected chi connectivity index (χ2v) is 5.69. The molecule has 0 saturated heterocycles. The van der Waals surface area contributed by atoms with Gasteiger partial charge in [-0.3, -0.25) is 0 Å². The molecule has 0 atom stereocenters. The van der Waals surface area contributed by atoms with Crippen molar-refractivity contribution in [2.75, 3.05) is 0 Å². The molecule has 1 saturated carbocycles. The summed E-state index contributed by atoms with van der Waals surface area (Å²) < 4.78 is 1.06. The fourth-order valence-electron chi connectivity index (χ4n) is 2.23. The van der Waals surface area contributed by atoms with Gasteiger partial charge in [0.05, 0.1) is 5.60 Å². The van der Waals surface area contributed by atoms with Crippen molar-refractivity contribution >= 4 is 15.9 Å². The fraction of sp³-hybridized carbons (Fsp3) is 0.467. The number of hydrogen-bond acceptors (Lipinski definition) is 1. The van der Waals surface area contributed by atoms with Crippen LogP contribution in [0.1, 0.15) is 44.1 Å². The van der Waals surface area contributed by atoms with Gasteiger partial charge in [0.2, 0.25) is 0 Å². The topological polar surface area (TPSA) is 20.2 Å². The van der Waals surface area contributed by atoms with Crippen molar-refractivity contribution in [2.45, 2.75) is 44.1 Å². The highest BCUT2D eigenvalue weighted by molar-refractivity contribution is 9.10. The average Bonchev–Trinajstić information content (AvgIpc) is 2.32. The minimum absolute atomic E-state index is 0.527. The van der Waals surface area contributed by atoms with Crippen molar-refractivity contribution in [3.63, 3.8) is 0 Å². The van der Waals surface area contributed by atoms with Crippen molar-refractivity contribution in [1.82, 2.24) is 0 Å². The molecule has 1 aliphatic rings. The number of rotatable bonds is 1. The first-order chi connectivity index (χ1) is 8.18. The van der Waals surface area contributed by atoms with Crippen molar-refractivity contribution in [1.29, 1.82) is 0 Å². The van der Waals surface area contributed by atoms with E-state index in [1.165, 1.54) is 6.42 Å². The van der Waals surface area contributed by atoms with Gasteiger partial charge >= 0.3 is 0 Å². The monoisotopic (exact) mass is 292 g/mol. The van der Waals surface area contributed by atoms with E-state index in [1.54, 1.807) is 0 Å². The third-order valence-corrected chi connectivity index (χ3v) is 3.81. The summed E-state index contributed by atoms with van der Waals surface area (Å²) in [6, 6.07) is 7.95. The van der Waals surface area contributed by atoms with Crippen molar-refractivity contribution < 1.29 is 5.11 Å². The zero-order valence-electron chi connectivity index (χ0n) is 9.88. The summed E-state index contributed by atoms with van der Waals surface area (Å²) in [7, 11) is 0. The molecule has 0 radical (unpaired) electrons. The van der Waals surface area contributed by atoms with Gasteiger partial charge < -0.3 is 5.11 Å². The highest BCUT2D eigenvalue weighted by Gasteiger charge is 2.27. The molecule has 0 unspecified atom stereocenters. The molecule has 2 rings (SSSR count). The first kappa shape index (κ1) is 12.7. The summed E-state index contributed by atoms with van der Waals surface area (Å²) in [6.45, 7) is 0. The maximum Gasteiger partial charge on any atom is 0.0756 e. The molecule has 90 valence electrons. The van der Waals surface area contributed by atoms with Gasteiger partial charge in [-0.15, -0.1) is 0 Å². The molecule has 1 N–H and O–H groups in total. The molecule has 1 fully saturated rings. The van der Waals surface area contributed by atoms with Gasteiger partial charge in [-0.1, -0.05) is 47.0 Å². The molecule has 1 aromatic rings. The Morgan fingerprint density at radius 3 is 2.41 bits per heavy atom. The first-order valence-electron chi connectivity index (χ1n) is 6.15. The molecule has 0 aromatic heterocycles. The summed E-state index contributed by atoms with van der Waals surface area (Å²) in [6.07, 6.45) is 5.93. The van der Waals surface area contributed by atoms with Crippen LogP contribution in [0.2, 0.25) is 0 Å². The Bertz CT molecular complexity index is 418. The second kappa shape index (κ2) is 5.71. The summed E-state index contributed by atoms with van der Waals surface area (Å²) in [5, 5.41) is 10.3. The zero-order chi connectivity index (χ0) is 12.1. The third-order valence-electron chi connectivity index (χ3n) is 3.28. The first-order valence-corrected chi connectivity index (χ1v) is 6.94. The van der Waals surface area contributed by atoms with Crippen LogP contribution in [0.25, 0.3) is 0 Å². The van der Waals surface area contributed by atoms with E-state index >= 15 is 0 Å². The quantitative estimate of drug-likeness (QED) is 0.779. The van der Waals surface area contributed by atoms with E-state index in [0.717, 1.165) is 35.7 Å². The maximum absolute atomic E-state index is 10.3. The van der Waals surface area contributed by atoms with Crippen LogP contribution in [-0.2, 0) is 0 Å². The molecule has 0 spiro atoms. The van der Waals surface area contributed by atoms with E-state index in [9.17, 15) is 5.11 Å². The number of hydrogen-bond donors (Lipinski definition) is 1. The Balaban J connectivity index is 1.95. The van der Waals surface area contributed by atoms with Gasteiger partial charge in [0.25, 0.3) is 0 Å². The van der Waals surface area contributed by atoms with Crippen molar-refractivity contribution in [2.24, 2.45) is 0 Å². The van der Waals surface area contributed by atoms with Crippen LogP contribution in [-0.4, -0.2) is 10.7 Å². The van der Waals surface area contributed by atoms with Gasteiger partial charge in [0.1, 0.15) is 0 Å². The zero-order valence-corrected chi connectivity index (χ0v) is 11.5. The highest BCUT2D eigenvalue weighted by atomic mass is 79.9. The van der Waals surface area contributed by atoms with Gasteiger partial charge in [-0.2, -0.15) is 0 Å². The SMILES string of the molecule is OC1(CC#Cc2ccc(Br)cc2)CCCCC1. The van der Waals surface area contributed by atoms with E-state index in [0.29, 0.717) is 6.42 Å². The van der Waals surface area contributed by atoms with Crippen LogP contribution in [0.5, 0.6) is 0 Å². The molecular formula is C15H17BrO. The molecule has 2 heteroatoms. The predicted octanol–water partition coefficient (Wildman–Crippen LogP) is 3.89. The lowest BCUT2D eigenvalue weighted by molar-refractivity contribution is 0.00895. The maximum atomic E-state index is 10.3.